The Hall–Kier alpha value is -0.960. The third-order valence-corrected chi connectivity index (χ3v) is 5.89. The number of piperidine rings is 1. The summed E-state index contributed by atoms with van der Waals surface area (Å²) in [5.41, 5.74) is 5.69. The second-order valence-electron chi connectivity index (χ2n) is 4.69. The van der Waals surface area contributed by atoms with E-state index >= 15 is 0 Å². The second kappa shape index (κ2) is 5.80. The minimum Gasteiger partial charge on any atom is -0.478 e. The average Bonchev–Trinajstić information content (AvgIpc) is 2.39. The number of carboxylic acid groups (broad SMARTS) is 1. The van der Waals surface area contributed by atoms with Crippen molar-refractivity contribution in [2.24, 2.45) is 5.73 Å². The van der Waals surface area contributed by atoms with Crippen molar-refractivity contribution in [3.05, 3.63) is 28.2 Å². The minimum atomic E-state index is -3.66. The molecule has 0 bridgehead atoms. The third-order valence-electron chi connectivity index (χ3n) is 3.30. The highest BCUT2D eigenvalue weighted by Gasteiger charge is 2.29. The van der Waals surface area contributed by atoms with Gasteiger partial charge in [0.25, 0.3) is 0 Å². The number of nitrogens with zero attached hydrogens (tertiary/aromatic N) is 1. The Balaban J connectivity index is 2.35. The fourth-order valence-electron chi connectivity index (χ4n) is 2.09. The van der Waals surface area contributed by atoms with Gasteiger partial charge in [-0.3, -0.25) is 0 Å². The number of hydrogen-bond donors (Lipinski definition) is 2. The van der Waals surface area contributed by atoms with Gasteiger partial charge in [0, 0.05) is 23.6 Å². The van der Waals surface area contributed by atoms with Gasteiger partial charge in [-0.25, -0.2) is 13.2 Å². The van der Waals surface area contributed by atoms with Crippen molar-refractivity contribution in [3.8, 4) is 0 Å². The first-order valence-electron chi connectivity index (χ1n) is 6.11. The highest BCUT2D eigenvalue weighted by Crippen LogP contribution is 2.25. The standard InChI is InChI=1S/C12H15BrN2O4S/c13-11-2-1-9(7-10(11)12(16)17)20(18,19)15-5-3-8(14)4-6-15/h1-2,7-8H,3-6,14H2,(H,16,17). The molecule has 1 aliphatic rings. The Labute approximate surface area is 125 Å². The van der Waals surface area contributed by atoms with Gasteiger partial charge in [-0.15, -0.1) is 0 Å². The van der Waals surface area contributed by atoms with Crippen LogP contribution in [0.3, 0.4) is 0 Å². The van der Waals surface area contributed by atoms with Crippen LogP contribution in [-0.2, 0) is 10.0 Å². The van der Waals surface area contributed by atoms with Crippen LogP contribution < -0.4 is 5.73 Å². The van der Waals surface area contributed by atoms with Crippen molar-refractivity contribution in [1.29, 1.82) is 0 Å². The van der Waals surface area contributed by atoms with Gasteiger partial charge in [-0.1, -0.05) is 0 Å². The molecule has 1 aromatic rings. The number of carboxylic acids is 1. The molecule has 0 spiro atoms. The van der Waals surface area contributed by atoms with Gasteiger partial charge in [-0.05, 0) is 47.0 Å². The molecule has 0 aliphatic carbocycles. The molecular formula is C12H15BrN2O4S. The number of carbonyl (C=O) groups is 1. The first-order valence-corrected chi connectivity index (χ1v) is 8.34. The molecule has 0 unspecified atom stereocenters. The van der Waals surface area contributed by atoms with Crippen LogP contribution in [0.25, 0.3) is 0 Å². The van der Waals surface area contributed by atoms with Crippen molar-refractivity contribution in [3.63, 3.8) is 0 Å². The van der Waals surface area contributed by atoms with E-state index in [0.29, 0.717) is 30.4 Å². The zero-order valence-electron chi connectivity index (χ0n) is 10.6. The molecule has 0 atom stereocenters. The summed E-state index contributed by atoms with van der Waals surface area (Å²) in [7, 11) is -3.66. The Morgan fingerprint density at radius 3 is 2.50 bits per heavy atom. The lowest BCUT2D eigenvalue weighted by Gasteiger charge is -2.29. The van der Waals surface area contributed by atoms with E-state index in [1.807, 2.05) is 0 Å². The van der Waals surface area contributed by atoms with Crippen molar-refractivity contribution in [2.75, 3.05) is 13.1 Å². The summed E-state index contributed by atoms with van der Waals surface area (Å²) in [4.78, 5) is 11.1. The number of rotatable bonds is 3. The van der Waals surface area contributed by atoms with E-state index in [2.05, 4.69) is 15.9 Å². The van der Waals surface area contributed by atoms with Crippen molar-refractivity contribution in [1.82, 2.24) is 4.31 Å². The fraction of sp³-hybridized carbons (Fsp3) is 0.417. The largest absolute Gasteiger partial charge is 0.478 e. The summed E-state index contributed by atoms with van der Waals surface area (Å²) in [5, 5.41) is 9.05. The van der Waals surface area contributed by atoms with E-state index < -0.39 is 16.0 Å². The number of nitrogens with two attached hydrogens (primary N) is 1. The van der Waals surface area contributed by atoms with Gasteiger partial charge >= 0.3 is 5.97 Å². The summed E-state index contributed by atoms with van der Waals surface area (Å²) >= 11 is 3.10. The Morgan fingerprint density at radius 1 is 1.35 bits per heavy atom. The molecule has 0 saturated carbocycles. The predicted molar refractivity (Wildman–Crippen MR) is 77.1 cm³/mol. The van der Waals surface area contributed by atoms with Crippen LogP contribution in [0.1, 0.15) is 23.2 Å². The molecule has 1 aliphatic heterocycles. The van der Waals surface area contributed by atoms with Crippen molar-refractivity contribution < 1.29 is 18.3 Å². The summed E-state index contributed by atoms with van der Waals surface area (Å²) in [5.74, 6) is -1.17. The van der Waals surface area contributed by atoms with Gasteiger partial charge in [0.15, 0.2) is 0 Å². The summed E-state index contributed by atoms with van der Waals surface area (Å²) in [6, 6.07) is 4.05. The van der Waals surface area contributed by atoms with E-state index in [0.717, 1.165) is 0 Å². The maximum atomic E-state index is 12.5. The van der Waals surface area contributed by atoms with E-state index in [9.17, 15) is 13.2 Å². The maximum Gasteiger partial charge on any atom is 0.336 e. The minimum absolute atomic E-state index is 0.00595. The highest BCUT2D eigenvalue weighted by atomic mass is 79.9. The van der Waals surface area contributed by atoms with Crippen LogP contribution in [-0.4, -0.2) is 42.9 Å². The van der Waals surface area contributed by atoms with Crippen LogP contribution in [0.15, 0.2) is 27.6 Å². The monoisotopic (exact) mass is 362 g/mol. The third kappa shape index (κ3) is 3.03. The molecule has 110 valence electrons. The molecule has 1 saturated heterocycles. The lowest BCUT2D eigenvalue weighted by atomic mass is 10.1. The van der Waals surface area contributed by atoms with E-state index in [1.54, 1.807) is 0 Å². The van der Waals surface area contributed by atoms with Crippen LogP contribution in [0.2, 0.25) is 0 Å². The maximum absolute atomic E-state index is 12.5. The van der Waals surface area contributed by atoms with Crippen molar-refractivity contribution in [2.45, 2.75) is 23.8 Å². The molecule has 1 aromatic carbocycles. The van der Waals surface area contributed by atoms with Gasteiger partial charge in [0.05, 0.1) is 10.5 Å². The fourth-order valence-corrected chi connectivity index (χ4v) is 4.01. The van der Waals surface area contributed by atoms with Crippen LogP contribution in [0.4, 0.5) is 0 Å². The Morgan fingerprint density at radius 2 is 1.95 bits per heavy atom. The number of sulfonamides is 1. The van der Waals surface area contributed by atoms with Crippen LogP contribution in [0, 0.1) is 0 Å². The van der Waals surface area contributed by atoms with Crippen LogP contribution >= 0.6 is 15.9 Å². The first-order chi connectivity index (χ1) is 9.32. The molecule has 2 rings (SSSR count). The molecule has 0 aromatic heterocycles. The molecule has 0 amide bonds. The molecular weight excluding hydrogens is 348 g/mol. The lowest BCUT2D eigenvalue weighted by molar-refractivity contribution is 0.0695. The summed E-state index contributed by atoms with van der Waals surface area (Å²) < 4.78 is 26.6. The number of hydrogen-bond acceptors (Lipinski definition) is 4. The summed E-state index contributed by atoms with van der Waals surface area (Å²) in [6.45, 7) is 0.726. The van der Waals surface area contributed by atoms with Crippen LogP contribution in [0.5, 0.6) is 0 Å². The molecule has 3 N–H and O–H groups in total. The van der Waals surface area contributed by atoms with Gasteiger partial charge in [-0.2, -0.15) is 4.31 Å². The number of aromatic carboxylic acids is 1. The van der Waals surface area contributed by atoms with E-state index in [-0.39, 0.29) is 16.5 Å². The van der Waals surface area contributed by atoms with Gasteiger partial charge in [0.2, 0.25) is 10.0 Å². The lowest BCUT2D eigenvalue weighted by Crippen LogP contribution is -2.42. The smallest absolute Gasteiger partial charge is 0.336 e. The molecule has 6 nitrogen and oxygen atoms in total. The molecule has 1 fully saturated rings. The van der Waals surface area contributed by atoms with Gasteiger partial charge < -0.3 is 10.8 Å². The van der Waals surface area contributed by atoms with E-state index in [1.165, 1.54) is 22.5 Å². The average molecular weight is 363 g/mol. The topological polar surface area (TPSA) is 101 Å². The Bertz CT molecular complexity index is 624. The quantitative estimate of drug-likeness (QED) is 0.842. The zero-order valence-corrected chi connectivity index (χ0v) is 13.0. The normalized spacial score (nSPS) is 18.1. The SMILES string of the molecule is NC1CCN(S(=O)(=O)c2ccc(Br)c(C(=O)O)c2)CC1. The number of halogens is 1. The number of benzene rings is 1. The molecule has 0 radical (unpaired) electrons. The first kappa shape index (κ1) is 15.4. The summed E-state index contributed by atoms with van der Waals surface area (Å²) in [6.07, 6.45) is 1.23. The second-order valence-corrected chi connectivity index (χ2v) is 7.48. The van der Waals surface area contributed by atoms with Crippen molar-refractivity contribution >= 4 is 31.9 Å². The predicted octanol–water partition coefficient (Wildman–Crippen LogP) is 1.26. The Kier molecular flexibility index (Phi) is 4.48. The highest BCUT2D eigenvalue weighted by molar-refractivity contribution is 9.10. The van der Waals surface area contributed by atoms with E-state index in [4.69, 9.17) is 10.8 Å². The molecule has 20 heavy (non-hydrogen) atoms. The van der Waals surface area contributed by atoms with Gasteiger partial charge in [0.1, 0.15) is 0 Å². The molecule has 8 heteroatoms. The zero-order chi connectivity index (χ0) is 14.9. The molecule has 1 heterocycles.